The van der Waals surface area contributed by atoms with E-state index in [0.717, 1.165) is 16.5 Å². The number of carboxylic acid groups (broad SMARTS) is 1. The Morgan fingerprint density at radius 2 is 2.15 bits per heavy atom. The number of nitrogens with one attached hydrogen (secondary N) is 2. The van der Waals surface area contributed by atoms with Gasteiger partial charge in [0.15, 0.2) is 0 Å². The first-order valence-corrected chi connectivity index (χ1v) is 7.31. The summed E-state index contributed by atoms with van der Waals surface area (Å²) in [5.74, 6) is -0.907. The summed E-state index contributed by atoms with van der Waals surface area (Å²) in [6.07, 6.45) is 1.42. The molecule has 0 radical (unpaired) electrons. The molecule has 2 amide bonds. The van der Waals surface area contributed by atoms with Crippen LogP contribution in [-0.2, 0) is 11.3 Å². The zero-order valence-corrected chi connectivity index (χ0v) is 12.9. The van der Waals surface area contributed by atoms with E-state index in [1.807, 2.05) is 31.2 Å². The molecule has 1 aromatic rings. The quantitative estimate of drug-likeness (QED) is 0.712. The minimum Gasteiger partial charge on any atom is -0.481 e. The van der Waals surface area contributed by atoms with Gasteiger partial charge in [0.2, 0.25) is 0 Å². The third-order valence-electron chi connectivity index (χ3n) is 2.74. The van der Waals surface area contributed by atoms with E-state index < -0.39 is 5.97 Å². The summed E-state index contributed by atoms with van der Waals surface area (Å²) >= 11 is 3.36. The van der Waals surface area contributed by atoms with Gasteiger partial charge < -0.3 is 15.7 Å². The third kappa shape index (κ3) is 6.56. The van der Waals surface area contributed by atoms with Crippen molar-refractivity contribution in [2.24, 2.45) is 0 Å². The SMILES string of the molecule is CCCC(CC(=O)O)NC(=O)NCc1cccc(Br)c1. The van der Waals surface area contributed by atoms with E-state index in [0.29, 0.717) is 13.0 Å². The summed E-state index contributed by atoms with van der Waals surface area (Å²) in [6.45, 7) is 2.35. The summed E-state index contributed by atoms with van der Waals surface area (Å²) in [7, 11) is 0. The number of carbonyl (C=O) groups excluding carboxylic acids is 1. The van der Waals surface area contributed by atoms with E-state index in [-0.39, 0.29) is 18.5 Å². The van der Waals surface area contributed by atoms with Gasteiger partial charge in [0.05, 0.1) is 6.42 Å². The van der Waals surface area contributed by atoms with Gasteiger partial charge in [-0.05, 0) is 24.1 Å². The molecule has 5 nitrogen and oxygen atoms in total. The summed E-state index contributed by atoms with van der Waals surface area (Å²) in [6, 6.07) is 6.95. The van der Waals surface area contributed by atoms with Crippen LogP contribution in [0.4, 0.5) is 4.79 Å². The molecule has 20 heavy (non-hydrogen) atoms. The van der Waals surface area contributed by atoms with Crippen LogP contribution >= 0.6 is 15.9 Å². The van der Waals surface area contributed by atoms with Crippen molar-refractivity contribution in [2.45, 2.75) is 38.8 Å². The van der Waals surface area contributed by atoms with Gasteiger partial charge >= 0.3 is 12.0 Å². The van der Waals surface area contributed by atoms with Crippen LogP contribution < -0.4 is 10.6 Å². The Bertz CT molecular complexity index is 465. The molecule has 1 unspecified atom stereocenters. The van der Waals surface area contributed by atoms with Crippen molar-refractivity contribution in [3.05, 3.63) is 34.3 Å². The second-order valence-electron chi connectivity index (χ2n) is 4.54. The van der Waals surface area contributed by atoms with Crippen LogP contribution in [0, 0.1) is 0 Å². The Labute approximate surface area is 126 Å². The van der Waals surface area contributed by atoms with Crippen LogP contribution in [0.15, 0.2) is 28.7 Å². The molecule has 0 aromatic heterocycles. The van der Waals surface area contributed by atoms with Crippen molar-refractivity contribution in [3.8, 4) is 0 Å². The first-order chi connectivity index (χ1) is 9.51. The number of halogens is 1. The van der Waals surface area contributed by atoms with Gasteiger partial charge in [-0.3, -0.25) is 4.79 Å². The van der Waals surface area contributed by atoms with Gasteiger partial charge in [-0.25, -0.2) is 4.79 Å². The Hall–Kier alpha value is -1.56. The maximum absolute atomic E-state index is 11.7. The van der Waals surface area contributed by atoms with Crippen molar-refractivity contribution in [3.63, 3.8) is 0 Å². The summed E-state index contributed by atoms with van der Waals surface area (Å²) in [5, 5.41) is 14.2. The van der Waals surface area contributed by atoms with Gasteiger partial charge in [-0.1, -0.05) is 41.4 Å². The summed E-state index contributed by atoms with van der Waals surface area (Å²) in [5.41, 5.74) is 0.972. The number of benzene rings is 1. The normalized spacial score (nSPS) is 11.7. The third-order valence-corrected chi connectivity index (χ3v) is 3.23. The minimum absolute atomic E-state index is 0.0574. The average molecular weight is 343 g/mol. The average Bonchev–Trinajstić information content (AvgIpc) is 2.36. The van der Waals surface area contributed by atoms with Gasteiger partial charge in [0.25, 0.3) is 0 Å². The molecule has 1 rings (SSSR count). The maximum atomic E-state index is 11.7. The van der Waals surface area contributed by atoms with Crippen molar-refractivity contribution < 1.29 is 14.7 Å². The van der Waals surface area contributed by atoms with E-state index in [1.54, 1.807) is 0 Å². The van der Waals surface area contributed by atoms with Crippen molar-refractivity contribution in [1.82, 2.24) is 10.6 Å². The van der Waals surface area contributed by atoms with Gasteiger partial charge in [-0.15, -0.1) is 0 Å². The van der Waals surface area contributed by atoms with Crippen molar-refractivity contribution in [1.29, 1.82) is 0 Å². The van der Waals surface area contributed by atoms with Crippen molar-refractivity contribution >= 4 is 27.9 Å². The highest BCUT2D eigenvalue weighted by Gasteiger charge is 2.14. The molecule has 0 aliphatic carbocycles. The first kappa shape index (κ1) is 16.5. The van der Waals surface area contributed by atoms with Crippen LogP contribution in [0.3, 0.4) is 0 Å². The molecule has 0 bridgehead atoms. The van der Waals surface area contributed by atoms with Gasteiger partial charge in [0, 0.05) is 17.1 Å². The Morgan fingerprint density at radius 3 is 2.75 bits per heavy atom. The standard InChI is InChI=1S/C14H19BrN2O3/c1-2-4-12(8-13(18)19)17-14(20)16-9-10-5-3-6-11(15)7-10/h3,5-7,12H,2,4,8-9H2,1H3,(H,18,19)(H2,16,17,20). The molecule has 0 fully saturated rings. The predicted molar refractivity (Wildman–Crippen MR) is 80.5 cm³/mol. The number of carbonyl (C=O) groups is 2. The second kappa shape index (κ2) is 8.58. The molecule has 0 aliphatic heterocycles. The highest BCUT2D eigenvalue weighted by molar-refractivity contribution is 9.10. The Morgan fingerprint density at radius 1 is 1.40 bits per heavy atom. The Kier molecular flexibility index (Phi) is 7.08. The number of hydrogen-bond acceptors (Lipinski definition) is 2. The lowest BCUT2D eigenvalue weighted by molar-refractivity contribution is -0.137. The summed E-state index contributed by atoms with van der Waals surface area (Å²) < 4.78 is 0.951. The van der Waals surface area contributed by atoms with E-state index in [2.05, 4.69) is 26.6 Å². The molecule has 6 heteroatoms. The largest absolute Gasteiger partial charge is 0.481 e. The predicted octanol–water partition coefficient (Wildman–Crippen LogP) is 2.89. The highest BCUT2D eigenvalue weighted by Crippen LogP contribution is 2.11. The van der Waals surface area contributed by atoms with E-state index >= 15 is 0 Å². The number of carboxylic acids is 1. The molecule has 110 valence electrons. The molecule has 1 atom stereocenters. The number of rotatable bonds is 7. The second-order valence-corrected chi connectivity index (χ2v) is 5.46. The monoisotopic (exact) mass is 342 g/mol. The molecule has 0 saturated heterocycles. The fraction of sp³-hybridized carbons (Fsp3) is 0.429. The fourth-order valence-electron chi connectivity index (χ4n) is 1.85. The topological polar surface area (TPSA) is 78.4 Å². The number of urea groups is 1. The van der Waals surface area contributed by atoms with Crippen LogP contribution in [0.2, 0.25) is 0 Å². The molecule has 0 heterocycles. The fourth-order valence-corrected chi connectivity index (χ4v) is 2.30. The zero-order valence-electron chi connectivity index (χ0n) is 11.4. The molecular weight excluding hydrogens is 324 g/mol. The lowest BCUT2D eigenvalue weighted by atomic mass is 10.1. The molecule has 3 N–H and O–H groups in total. The van der Waals surface area contributed by atoms with Crippen molar-refractivity contribution in [2.75, 3.05) is 0 Å². The smallest absolute Gasteiger partial charge is 0.315 e. The van der Waals surface area contributed by atoms with Crippen LogP contribution in [0.1, 0.15) is 31.7 Å². The van der Waals surface area contributed by atoms with Crippen LogP contribution in [0.25, 0.3) is 0 Å². The highest BCUT2D eigenvalue weighted by atomic mass is 79.9. The molecule has 0 aliphatic rings. The zero-order chi connectivity index (χ0) is 15.0. The number of hydrogen-bond donors (Lipinski definition) is 3. The van der Waals surface area contributed by atoms with E-state index in [9.17, 15) is 9.59 Å². The lowest BCUT2D eigenvalue weighted by Gasteiger charge is -2.16. The van der Waals surface area contributed by atoms with E-state index in [4.69, 9.17) is 5.11 Å². The van der Waals surface area contributed by atoms with E-state index in [1.165, 1.54) is 0 Å². The van der Waals surface area contributed by atoms with Crippen LogP contribution in [-0.4, -0.2) is 23.1 Å². The first-order valence-electron chi connectivity index (χ1n) is 6.52. The molecule has 0 saturated carbocycles. The minimum atomic E-state index is -0.907. The molecule has 0 spiro atoms. The maximum Gasteiger partial charge on any atom is 0.315 e. The van der Waals surface area contributed by atoms with Gasteiger partial charge in [0.1, 0.15) is 0 Å². The van der Waals surface area contributed by atoms with Crippen LogP contribution in [0.5, 0.6) is 0 Å². The lowest BCUT2D eigenvalue weighted by Crippen LogP contribution is -2.42. The molecular formula is C14H19BrN2O3. The Balaban J connectivity index is 2.43. The molecule has 1 aromatic carbocycles. The number of amides is 2. The number of aliphatic carboxylic acids is 1. The van der Waals surface area contributed by atoms with Gasteiger partial charge in [-0.2, -0.15) is 0 Å². The summed E-state index contributed by atoms with van der Waals surface area (Å²) in [4.78, 5) is 22.4.